The summed E-state index contributed by atoms with van der Waals surface area (Å²) in [4.78, 5) is 87.7. The van der Waals surface area contributed by atoms with Crippen molar-refractivity contribution in [1.29, 1.82) is 5.53 Å². The fraction of sp³-hybridized carbons (Fsp3) is 0.441. The van der Waals surface area contributed by atoms with E-state index in [1.54, 1.807) is 57.1 Å². The van der Waals surface area contributed by atoms with E-state index in [2.05, 4.69) is 73.3 Å². The van der Waals surface area contributed by atoms with Gasteiger partial charge >= 0.3 is 0 Å². The topological polar surface area (TPSA) is 288 Å². The Labute approximate surface area is 538 Å². The summed E-state index contributed by atoms with van der Waals surface area (Å²) < 4.78 is 12.9. The van der Waals surface area contributed by atoms with Crippen LogP contribution in [0.25, 0.3) is 11.4 Å². The summed E-state index contributed by atoms with van der Waals surface area (Å²) in [6.45, 7) is 4.11. The van der Waals surface area contributed by atoms with Crippen LogP contribution in [0, 0.1) is 41.0 Å². The third-order valence-electron chi connectivity index (χ3n) is 17.4. The van der Waals surface area contributed by atoms with Gasteiger partial charge in [-0.3, -0.25) is 33.9 Å². The first-order chi connectivity index (χ1) is 43.6. The average molecular weight is 1260 g/mol. The van der Waals surface area contributed by atoms with Crippen molar-refractivity contribution >= 4 is 71.4 Å². The molecule has 2 aliphatic heterocycles. The molecule has 476 valence electrons. The molecule has 0 spiro atoms. The van der Waals surface area contributed by atoms with Crippen molar-refractivity contribution in [3.8, 4) is 23.7 Å². The molecule has 2 heterocycles. The SMILES string of the molecule is CN[C@@H](C)C(=O)N[C@H](C(=O)N1C[C@@H](OCc2ccc(C#CC#Cc3ccc(COC4C[C@@H](C(=O)N/C(SN)=C(/N)c5ccccc5)N(C(=O)[C@@H](NC(=O)[C@H](C)NC)C5CCCCC5)C4)cc3)cc2)C[C@H]1C(=O)N/C(S)=C(/N=N)c1ccccc1)C1CCCCC1. The van der Waals surface area contributed by atoms with E-state index in [1.165, 1.54) is 4.90 Å². The maximum absolute atomic E-state index is 14.8. The maximum Gasteiger partial charge on any atom is 0.247 e. The van der Waals surface area contributed by atoms with Crippen LogP contribution in [0.1, 0.15) is 124 Å². The number of ether oxygens (including phenoxy) is 2. The van der Waals surface area contributed by atoms with Crippen molar-refractivity contribution in [1.82, 2.24) is 41.7 Å². The van der Waals surface area contributed by atoms with Gasteiger partial charge in [0.25, 0.3) is 0 Å². The molecule has 2 saturated heterocycles. The van der Waals surface area contributed by atoms with Crippen LogP contribution in [0.4, 0.5) is 0 Å². The van der Waals surface area contributed by atoms with Crippen molar-refractivity contribution in [3.05, 3.63) is 153 Å². The van der Waals surface area contributed by atoms with E-state index < -0.39 is 60.3 Å². The number of amides is 6. The molecule has 4 aromatic rings. The first-order valence-electron chi connectivity index (χ1n) is 31.0. The second-order valence-electron chi connectivity index (χ2n) is 23.4. The number of nitrogens with one attached hydrogen (secondary N) is 7. The summed E-state index contributed by atoms with van der Waals surface area (Å²) in [5, 5.41) is 27.7. The van der Waals surface area contributed by atoms with E-state index in [9.17, 15) is 28.8 Å². The minimum absolute atomic E-state index is 0.0687. The van der Waals surface area contributed by atoms with Gasteiger partial charge in [0.2, 0.25) is 35.4 Å². The molecule has 0 radical (unpaired) electrons. The summed E-state index contributed by atoms with van der Waals surface area (Å²) in [5.74, 6) is 9.66. The molecule has 11 N–H and O–H groups in total. The van der Waals surface area contributed by atoms with E-state index in [0.29, 0.717) is 11.1 Å². The minimum atomic E-state index is -0.964. The number of carbonyl (C=O) groups excluding carboxylic acids is 6. The van der Waals surface area contributed by atoms with Crippen LogP contribution in [0.2, 0.25) is 0 Å². The number of nitrogens with two attached hydrogens (primary N) is 2. The summed E-state index contributed by atoms with van der Waals surface area (Å²) in [6.07, 6.45) is 8.34. The van der Waals surface area contributed by atoms with E-state index in [1.807, 2.05) is 84.9 Å². The van der Waals surface area contributed by atoms with Crippen molar-refractivity contribution < 1.29 is 38.2 Å². The largest absolute Gasteiger partial charge is 0.396 e. The first kappa shape index (κ1) is 68.1. The van der Waals surface area contributed by atoms with Gasteiger partial charge in [-0.1, -0.05) is 135 Å². The fourth-order valence-electron chi connectivity index (χ4n) is 11.9. The summed E-state index contributed by atoms with van der Waals surface area (Å²) in [7, 11) is 3.38. The van der Waals surface area contributed by atoms with Crippen molar-refractivity contribution in [2.45, 2.75) is 153 Å². The number of benzene rings is 4. The molecule has 20 nitrogen and oxygen atoms in total. The Morgan fingerprint density at radius 2 is 1.03 bits per heavy atom. The van der Waals surface area contributed by atoms with Gasteiger partial charge in [-0.25, -0.2) is 5.53 Å². The van der Waals surface area contributed by atoms with Gasteiger partial charge in [0, 0.05) is 48.2 Å². The molecule has 1 unspecified atom stereocenters. The van der Waals surface area contributed by atoms with Crippen molar-refractivity contribution in [2.75, 3.05) is 27.2 Å². The molecule has 0 bridgehead atoms. The number of nitrogens with zero attached hydrogens (tertiary/aromatic N) is 3. The lowest BCUT2D eigenvalue weighted by atomic mass is 9.83. The molecular weight excluding hydrogens is 1180 g/mol. The Hall–Kier alpha value is -7.80. The number of hydrogen-bond donors (Lipinski definition) is 10. The van der Waals surface area contributed by atoms with Gasteiger partial charge in [-0.15, -0.1) is 12.6 Å². The van der Waals surface area contributed by atoms with Gasteiger partial charge in [-0.05, 0) is 125 Å². The second-order valence-corrected chi connectivity index (χ2v) is 24.5. The molecule has 8 rings (SSSR count). The monoisotopic (exact) mass is 1260 g/mol. The number of likely N-dealkylation sites (N-methyl/N-ethyl adjacent to an activating group) is 2. The van der Waals surface area contributed by atoms with Crippen LogP contribution in [0.15, 0.2) is 124 Å². The number of hydrogen-bond acceptors (Lipinski definition) is 16. The first-order valence-corrected chi connectivity index (χ1v) is 32.3. The van der Waals surface area contributed by atoms with Crippen molar-refractivity contribution in [3.63, 3.8) is 0 Å². The Morgan fingerprint density at radius 3 is 1.43 bits per heavy atom. The van der Waals surface area contributed by atoms with Gasteiger partial charge in [0.1, 0.15) is 39.9 Å². The van der Waals surface area contributed by atoms with Gasteiger partial charge in [0.15, 0.2) is 0 Å². The molecule has 6 amide bonds. The average Bonchev–Trinajstić information content (AvgIpc) is 1.68. The van der Waals surface area contributed by atoms with E-state index in [-0.39, 0.29) is 96.1 Å². The summed E-state index contributed by atoms with van der Waals surface area (Å²) >= 11 is 5.37. The van der Waals surface area contributed by atoms with E-state index >= 15 is 0 Å². The predicted octanol–water partition coefficient (Wildman–Crippen LogP) is 6.82. The normalized spacial score (nSPS) is 20.5. The Kier molecular flexibility index (Phi) is 25.6. The Morgan fingerprint density at radius 1 is 0.622 bits per heavy atom. The molecule has 2 saturated carbocycles. The molecule has 4 aromatic carbocycles. The van der Waals surface area contributed by atoms with Crippen molar-refractivity contribution in [2.24, 2.45) is 27.8 Å². The van der Waals surface area contributed by atoms with Crippen LogP contribution in [-0.2, 0) is 51.5 Å². The molecule has 22 heteroatoms. The van der Waals surface area contributed by atoms with Crippen LogP contribution < -0.4 is 42.8 Å². The highest BCUT2D eigenvalue weighted by Crippen LogP contribution is 2.33. The lowest BCUT2D eigenvalue weighted by Gasteiger charge is -2.35. The third-order valence-corrected chi connectivity index (χ3v) is 18.3. The standard InChI is InChI=1S/C68H84N12O8S2/c1-43(72-3)61(81)74-59(51-25-13-7-14-26-51)67(85)79-39-53(37-55(79)63(83)76-65(89)58(78-70)50-23-11-6-12-24-50)87-41-47-33-29-45(30-34-47)19-17-18-20-46-31-35-48(36-32-46)42-88-54-38-56(64(84)77-66(90-71)57(69)49-21-9-5-10-22-49)80(40-54)68(86)60(52-27-15-8-16-28-52)75-62(82)44(2)73-4/h5-6,9-12,21-24,29-36,43-44,51-56,59-60,70,72-73,89H,7-8,13-16,25-28,37-42,69,71H2,1-4H3,(H,74,81)(H,75,82)(H,76,83)(H,77,84)/b65-58-,66-57-,78-70?/t43-,44-,53-,54?,55-,56-,59-,60-/m0/s1. The highest BCUT2D eigenvalue weighted by atomic mass is 32.2. The van der Waals surface area contributed by atoms with E-state index in [0.717, 1.165) is 98.4 Å². The lowest BCUT2D eigenvalue weighted by molar-refractivity contribution is -0.143. The number of likely N-dealkylation sites (tertiary alicyclic amines) is 2. The third kappa shape index (κ3) is 18.4. The van der Waals surface area contributed by atoms with Crippen LogP contribution >= 0.6 is 24.6 Å². The zero-order chi connectivity index (χ0) is 64.1. The molecule has 8 atom stereocenters. The number of carbonyl (C=O) groups is 6. The second kappa shape index (κ2) is 33.9. The molecule has 4 aliphatic rings. The molecule has 90 heavy (non-hydrogen) atoms. The van der Waals surface area contributed by atoms with Gasteiger partial charge in [-0.2, -0.15) is 5.11 Å². The number of thiol groups is 1. The summed E-state index contributed by atoms with van der Waals surface area (Å²) in [6, 6.07) is 28.6. The molecule has 4 fully saturated rings. The highest BCUT2D eigenvalue weighted by Gasteiger charge is 2.47. The number of rotatable bonds is 24. The summed E-state index contributed by atoms with van der Waals surface area (Å²) in [5.41, 5.74) is 19.3. The smallest absolute Gasteiger partial charge is 0.247 e. The predicted molar refractivity (Wildman–Crippen MR) is 351 cm³/mol. The van der Waals surface area contributed by atoms with E-state index in [4.69, 9.17) is 25.9 Å². The highest BCUT2D eigenvalue weighted by molar-refractivity contribution is 8.01. The lowest BCUT2D eigenvalue weighted by Crippen LogP contribution is -2.58. The van der Waals surface area contributed by atoms with Crippen LogP contribution in [0.3, 0.4) is 0 Å². The quantitative estimate of drug-likeness (QED) is 0.0149. The molecule has 2 aliphatic carbocycles. The molecular formula is C68H84N12O8S2. The maximum atomic E-state index is 14.8. The van der Waals surface area contributed by atoms with Crippen LogP contribution in [0.5, 0.6) is 0 Å². The van der Waals surface area contributed by atoms with Gasteiger partial charge in [0.05, 0.1) is 43.2 Å². The fourth-order valence-corrected chi connectivity index (χ4v) is 12.6. The zero-order valence-corrected chi connectivity index (χ0v) is 53.3. The van der Waals surface area contributed by atoms with Crippen LogP contribution in [-0.4, -0.2) is 121 Å². The zero-order valence-electron chi connectivity index (χ0n) is 51.6. The molecule has 0 aromatic heterocycles. The van der Waals surface area contributed by atoms with Gasteiger partial charge < -0.3 is 56.9 Å². The minimum Gasteiger partial charge on any atom is -0.396 e. The Bertz CT molecular complexity index is 3180. The Balaban J connectivity index is 0.891.